The molecule has 3 heteroatoms. The first-order valence-corrected chi connectivity index (χ1v) is 8.32. The Kier molecular flexibility index (Phi) is 6.62. The lowest BCUT2D eigenvalue weighted by atomic mass is 9.96. The van der Waals surface area contributed by atoms with Crippen molar-refractivity contribution in [3.05, 3.63) is 0 Å². The smallest absolute Gasteiger partial charge is 0.0469 e. The molecule has 0 amide bonds. The molecule has 0 aromatic rings. The second kappa shape index (κ2) is 8.23. The van der Waals surface area contributed by atoms with E-state index in [0.717, 1.165) is 31.7 Å². The van der Waals surface area contributed by atoms with Gasteiger partial charge >= 0.3 is 0 Å². The molecule has 1 heterocycles. The average molecular weight is 268 g/mol. The van der Waals surface area contributed by atoms with E-state index in [9.17, 15) is 0 Å². The van der Waals surface area contributed by atoms with Crippen molar-refractivity contribution in [3.8, 4) is 0 Å². The monoisotopic (exact) mass is 268 g/mol. The van der Waals surface area contributed by atoms with E-state index >= 15 is 0 Å². The number of hydrogen-bond donors (Lipinski definition) is 1. The highest BCUT2D eigenvalue weighted by Gasteiger charge is 2.28. The molecule has 0 spiro atoms. The minimum Gasteiger partial charge on any atom is -0.381 e. The van der Waals surface area contributed by atoms with E-state index in [1.54, 1.807) is 0 Å². The van der Waals surface area contributed by atoms with Crippen molar-refractivity contribution in [2.45, 2.75) is 64.0 Å². The zero-order valence-electron chi connectivity index (χ0n) is 12.9. The molecule has 2 rings (SSSR count). The third-order valence-corrected chi connectivity index (χ3v) is 4.90. The van der Waals surface area contributed by atoms with E-state index in [0.29, 0.717) is 6.04 Å². The van der Waals surface area contributed by atoms with E-state index in [1.807, 2.05) is 0 Å². The molecule has 2 fully saturated rings. The molecule has 1 N–H and O–H groups in total. The summed E-state index contributed by atoms with van der Waals surface area (Å²) >= 11 is 0. The Morgan fingerprint density at radius 3 is 2.53 bits per heavy atom. The largest absolute Gasteiger partial charge is 0.381 e. The van der Waals surface area contributed by atoms with Gasteiger partial charge in [-0.2, -0.15) is 0 Å². The van der Waals surface area contributed by atoms with Crippen molar-refractivity contribution in [2.24, 2.45) is 5.92 Å². The third-order valence-electron chi connectivity index (χ3n) is 4.90. The predicted molar refractivity (Wildman–Crippen MR) is 80.5 cm³/mol. The van der Waals surface area contributed by atoms with Crippen molar-refractivity contribution in [1.82, 2.24) is 10.2 Å². The third kappa shape index (κ3) is 4.73. The first kappa shape index (κ1) is 15.3. The molecule has 0 aromatic heterocycles. The molecule has 1 aliphatic heterocycles. The molecule has 1 saturated heterocycles. The lowest BCUT2D eigenvalue weighted by Gasteiger charge is -2.37. The van der Waals surface area contributed by atoms with Crippen LogP contribution in [0.2, 0.25) is 0 Å². The van der Waals surface area contributed by atoms with Gasteiger partial charge in [-0.25, -0.2) is 0 Å². The van der Waals surface area contributed by atoms with Crippen molar-refractivity contribution in [3.63, 3.8) is 0 Å². The van der Waals surface area contributed by atoms with Gasteiger partial charge in [0.2, 0.25) is 0 Å². The number of rotatable bonds is 5. The van der Waals surface area contributed by atoms with Gasteiger partial charge in [0.1, 0.15) is 0 Å². The lowest BCUT2D eigenvalue weighted by molar-refractivity contribution is 0.0464. The molecule has 2 aliphatic rings. The van der Waals surface area contributed by atoms with E-state index in [-0.39, 0.29) is 0 Å². The SMILES string of the molecule is CCNC1CCCCCC1N(C)CC1CCOCC1. The number of likely N-dealkylation sites (N-methyl/N-ethyl adjacent to an activating group) is 2. The van der Waals surface area contributed by atoms with Gasteiger partial charge in [-0.05, 0) is 45.2 Å². The average Bonchev–Trinajstić information content (AvgIpc) is 2.66. The highest BCUT2D eigenvalue weighted by Crippen LogP contribution is 2.24. The standard InChI is InChI=1S/C16H32N2O/c1-3-17-15-7-5-4-6-8-16(15)18(2)13-14-9-11-19-12-10-14/h14-17H,3-13H2,1-2H3. The summed E-state index contributed by atoms with van der Waals surface area (Å²) in [6.07, 6.45) is 9.47. The van der Waals surface area contributed by atoms with Crippen LogP contribution < -0.4 is 5.32 Å². The molecule has 2 atom stereocenters. The molecular weight excluding hydrogens is 236 g/mol. The Bertz CT molecular complexity index is 241. The molecular formula is C16H32N2O. The van der Waals surface area contributed by atoms with Gasteiger partial charge in [0.05, 0.1) is 0 Å². The fourth-order valence-electron chi connectivity index (χ4n) is 3.79. The van der Waals surface area contributed by atoms with Crippen LogP contribution in [0.3, 0.4) is 0 Å². The molecule has 19 heavy (non-hydrogen) atoms. The molecule has 0 radical (unpaired) electrons. The summed E-state index contributed by atoms with van der Waals surface area (Å²) in [4.78, 5) is 2.65. The summed E-state index contributed by atoms with van der Waals surface area (Å²) < 4.78 is 5.48. The lowest BCUT2D eigenvalue weighted by Crippen LogP contribution is -2.49. The van der Waals surface area contributed by atoms with Gasteiger partial charge in [0.15, 0.2) is 0 Å². The van der Waals surface area contributed by atoms with Crippen LogP contribution in [-0.4, -0.2) is 50.3 Å². The zero-order chi connectivity index (χ0) is 13.5. The van der Waals surface area contributed by atoms with Gasteiger partial charge in [-0.15, -0.1) is 0 Å². The molecule has 1 saturated carbocycles. The van der Waals surface area contributed by atoms with Crippen molar-refractivity contribution < 1.29 is 4.74 Å². The summed E-state index contributed by atoms with van der Waals surface area (Å²) in [7, 11) is 2.34. The molecule has 1 aliphatic carbocycles. The maximum Gasteiger partial charge on any atom is 0.0469 e. The topological polar surface area (TPSA) is 24.5 Å². The van der Waals surface area contributed by atoms with E-state index < -0.39 is 0 Å². The fourth-order valence-corrected chi connectivity index (χ4v) is 3.79. The Balaban J connectivity index is 1.87. The molecule has 0 aromatic carbocycles. The molecule has 0 bridgehead atoms. The summed E-state index contributed by atoms with van der Waals surface area (Å²) in [5.74, 6) is 0.851. The summed E-state index contributed by atoms with van der Waals surface area (Å²) in [6.45, 7) is 6.54. The van der Waals surface area contributed by atoms with Crippen LogP contribution in [0.4, 0.5) is 0 Å². The van der Waals surface area contributed by atoms with Crippen LogP contribution in [0.5, 0.6) is 0 Å². The fraction of sp³-hybridized carbons (Fsp3) is 1.00. The van der Waals surface area contributed by atoms with Crippen molar-refractivity contribution >= 4 is 0 Å². The Morgan fingerprint density at radius 1 is 1.05 bits per heavy atom. The summed E-state index contributed by atoms with van der Waals surface area (Å²) in [5.41, 5.74) is 0. The Labute approximate surface area is 119 Å². The summed E-state index contributed by atoms with van der Waals surface area (Å²) in [6, 6.07) is 1.45. The van der Waals surface area contributed by atoms with E-state index in [1.165, 1.54) is 51.5 Å². The number of hydrogen-bond acceptors (Lipinski definition) is 3. The normalized spacial score (nSPS) is 30.5. The molecule has 112 valence electrons. The van der Waals surface area contributed by atoms with Crippen LogP contribution in [0.25, 0.3) is 0 Å². The van der Waals surface area contributed by atoms with Crippen LogP contribution >= 0.6 is 0 Å². The Morgan fingerprint density at radius 2 is 1.79 bits per heavy atom. The molecule has 2 unspecified atom stereocenters. The first-order valence-electron chi connectivity index (χ1n) is 8.32. The van der Waals surface area contributed by atoms with E-state index in [4.69, 9.17) is 4.74 Å². The van der Waals surface area contributed by atoms with Crippen LogP contribution in [-0.2, 0) is 4.74 Å². The van der Waals surface area contributed by atoms with Crippen LogP contribution in [0.15, 0.2) is 0 Å². The van der Waals surface area contributed by atoms with Crippen LogP contribution in [0.1, 0.15) is 51.9 Å². The number of nitrogens with one attached hydrogen (secondary N) is 1. The minimum absolute atomic E-state index is 0.706. The maximum absolute atomic E-state index is 5.48. The Hall–Kier alpha value is -0.120. The predicted octanol–water partition coefficient (Wildman–Crippen LogP) is 2.66. The summed E-state index contributed by atoms with van der Waals surface area (Å²) in [5, 5.41) is 3.73. The van der Waals surface area contributed by atoms with E-state index in [2.05, 4.69) is 24.2 Å². The number of nitrogens with zero attached hydrogens (tertiary/aromatic N) is 1. The van der Waals surface area contributed by atoms with Gasteiger partial charge in [0, 0.05) is 31.8 Å². The quantitative estimate of drug-likeness (QED) is 0.776. The highest BCUT2D eigenvalue weighted by molar-refractivity contribution is 4.86. The van der Waals surface area contributed by atoms with Gasteiger partial charge in [-0.1, -0.05) is 26.2 Å². The zero-order valence-corrected chi connectivity index (χ0v) is 12.9. The van der Waals surface area contributed by atoms with Crippen molar-refractivity contribution in [1.29, 1.82) is 0 Å². The number of ether oxygens (including phenoxy) is 1. The van der Waals surface area contributed by atoms with Gasteiger partial charge < -0.3 is 15.0 Å². The van der Waals surface area contributed by atoms with Gasteiger partial charge in [0.25, 0.3) is 0 Å². The second-order valence-corrected chi connectivity index (χ2v) is 6.36. The van der Waals surface area contributed by atoms with Crippen molar-refractivity contribution in [2.75, 3.05) is 33.4 Å². The molecule has 3 nitrogen and oxygen atoms in total. The first-order chi connectivity index (χ1) is 9.31. The van der Waals surface area contributed by atoms with Gasteiger partial charge in [-0.3, -0.25) is 0 Å². The second-order valence-electron chi connectivity index (χ2n) is 6.36. The highest BCUT2D eigenvalue weighted by atomic mass is 16.5. The minimum atomic E-state index is 0.706. The maximum atomic E-state index is 5.48. The van der Waals surface area contributed by atoms with Crippen LogP contribution in [0, 0.1) is 5.92 Å².